The molecule has 4 aromatic rings. The zero-order valence-electron chi connectivity index (χ0n) is 17.7. The standard InChI is InChI=1S/C25H20IN5O2/c1-30(21-10-6-3-7-11-21)24-23(31(32)33)22(17-12-18-8-4-2-5-9-18)28-25(29-24)27-20-15-13-19(26)14-16-20/h2-17H,1H3,(H,27,28,29). The van der Waals surface area contributed by atoms with Crippen molar-refractivity contribution in [3.8, 4) is 0 Å². The third-order valence-corrected chi connectivity index (χ3v) is 5.59. The number of nitrogens with zero attached hydrogens (tertiary/aromatic N) is 4. The van der Waals surface area contributed by atoms with Crippen LogP contribution in [0.3, 0.4) is 0 Å². The van der Waals surface area contributed by atoms with Crippen LogP contribution in [0.4, 0.5) is 28.8 Å². The van der Waals surface area contributed by atoms with E-state index in [-0.39, 0.29) is 23.1 Å². The molecule has 0 aliphatic rings. The normalized spacial score (nSPS) is 10.8. The number of halogens is 1. The highest BCUT2D eigenvalue weighted by atomic mass is 127. The summed E-state index contributed by atoms with van der Waals surface area (Å²) in [6.45, 7) is 0. The van der Waals surface area contributed by atoms with Crippen molar-refractivity contribution in [1.82, 2.24) is 9.97 Å². The summed E-state index contributed by atoms with van der Waals surface area (Å²) in [5.41, 5.74) is 2.52. The Morgan fingerprint density at radius 2 is 1.55 bits per heavy atom. The first-order valence-electron chi connectivity index (χ1n) is 10.1. The quantitative estimate of drug-likeness (QED) is 0.158. The number of benzene rings is 3. The fourth-order valence-electron chi connectivity index (χ4n) is 3.22. The van der Waals surface area contributed by atoms with Crippen molar-refractivity contribution < 1.29 is 4.92 Å². The maximum absolute atomic E-state index is 12.1. The predicted molar refractivity (Wildman–Crippen MR) is 141 cm³/mol. The van der Waals surface area contributed by atoms with Gasteiger partial charge in [-0.3, -0.25) is 10.1 Å². The van der Waals surface area contributed by atoms with Crippen molar-refractivity contribution >= 4 is 63.6 Å². The average molecular weight is 549 g/mol. The molecule has 0 aliphatic heterocycles. The summed E-state index contributed by atoms with van der Waals surface area (Å²) in [4.78, 5) is 22.4. The van der Waals surface area contributed by atoms with Crippen LogP contribution in [-0.2, 0) is 0 Å². The monoisotopic (exact) mass is 549 g/mol. The minimum atomic E-state index is -0.436. The van der Waals surface area contributed by atoms with Crippen LogP contribution in [0, 0.1) is 13.7 Å². The molecule has 0 spiro atoms. The Bertz CT molecular complexity index is 1280. The fourth-order valence-corrected chi connectivity index (χ4v) is 3.58. The molecule has 8 heteroatoms. The van der Waals surface area contributed by atoms with Gasteiger partial charge in [0.2, 0.25) is 11.8 Å². The zero-order valence-corrected chi connectivity index (χ0v) is 19.9. The average Bonchev–Trinajstić information content (AvgIpc) is 2.84. The molecular formula is C25H20IN5O2. The number of nitro groups is 1. The lowest BCUT2D eigenvalue weighted by Crippen LogP contribution is -2.16. The lowest BCUT2D eigenvalue weighted by atomic mass is 10.2. The van der Waals surface area contributed by atoms with Crippen molar-refractivity contribution in [2.24, 2.45) is 0 Å². The SMILES string of the molecule is CN(c1ccccc1)c1nc(Nc2ccc(I)cc2)nc(C=Cc2ccccc2)c1[N+](=O)[O-]. The second-order valence-corrected chi connectivity index (χ2v) is 8.38. The van der Waals surface area contributed by atoms with E-state index < -0.39 is 4.92 Å². The summed E-state index contributed by atoms with van der Waals surface area (Å²) < 4.78 is 1.10. The molecule has 1 N–H and O–H groups in total. The zero-order chi connectivity index (χ0) is 23.2. The van der Waals surface area contributed by atoms with Crippen LogP contribution >= 0.6 is 22.6 Å². The molecule has 0 amide bonds. The van der Waals surface area contributed by atoms with E-state index in [1.165, 1.54) is 0 Å². The second-order valence-electron chi connectivity index (χ2n) is 7.13. The highest BCUT2D eigenvalue weighted by Crippen LogP contribution is 2.35. The largest absolute Gasteiger partial charge is 0.337 e. The van der Waals surface area contributed by atoms with Crippen molar-refractivity contribution in [2.75, 3.05) is 17.3 Å². The maximum Gasteiger partial charge on any atom is 0.337 e. The summed E-state index contributed by atoms with van der Waals surface area (Å²) in [6.07, 6.45) is 3.45. The van der Waals surface area contributed by atoms with Crippen molar-refractivity contribution in [3.63, 3.8) is 0 Å². The van der Waals surface area contributed by atoms with Gasteiger partial charge in [-0.15, -0.1) is 0 Å². The molecule has 33 heavy (non-hydrogen) atoms. The van der Waals surface area contributed by atoms with Gasteiger partial charge in [-0.1, -0.05) is 54.6 Å². The highest BCUT2D eigenvalue weighted by molar-refractivity contribution is 14.1. The third kappa shape index (κ3) is 5.53. The molecule has 4 rings (SSSR count). The summed E-state index contributed by atoms with van der Waals surface area (Å²) in [5.74, 6) is 0.467. The predicted octanol–water partition coefficient (Wildman–Crippen LogP) is 6.67. The topological polar surface area (TPSA) is 84.2 Å². The highest BCUT2D eigenvalue weighted by Gasteiger charge is 2.27. The Labute approximate surface area is 205 Å². The minimum absolute atomic E-state index is 0.165. The van der Waals surface area contributed by atoms with Crippen LogP contribution in [0.15, 0.2) is 84.9 Å². The van der Waals surface area contributed by atoms with Gasteiger partial charge in [-0.05, 0) is 70.6 Å². The fraction of sp³-hybridized carbons (Fsp3) is 0.0400. The van der Waals surface area contributed by atoms with Gasteiger partial charge in [0.1, 0.15) is 5.69 Å². The molecule has 3 aromatic carbocycles. The minimum Gasteiger partial charge on any atom is -0.324 e. The Morgan fingerprint density at radius 1 is 0.909 bits per heavy atom. The molecule has 0 radical (unpaired) electrons. The number of anilines is 4. The van der Waals surface area contributed by atoms with Gasteiger partial charge in [-0.25, -0.2) is 4.98 Å². The first kappa shape index (κ1) is 22.4. The molecule has 0 atom stereocenters. The Morgan fingerprint density at radius 3 is 2.18 bits per heavy atom. The molecule has 1 heterocycles. The van der Waals surface area contributed by atoms with Gasteiger partial charge in [0.15, 0.2) is 0 Å². The van der Waals surface area contributed by atoms with E-state index in [1.807, 2.05) is 84.9 Å². The number of para-hydroxylation sites is 1. The molecular weight excluding hydrogens is 529 g/mol. The van der Waals surface area contributed by atoms with Gasteiger partial charge in [0, 0.05) is 22.0 Å². The molecule has 0 saturated heterocycles. The second kappa shape index (κ2) is 10.2. The van der Waals surface area contributed by atoms with Crippen LogP contribution in [0.1, 0.15) is 11.3 Å². The third-order valence-electron chi connectivity index (χ3n) is 4.87. The smallest absolute Gasteiger partial charge is 0.324 e. The van der Waals surface area contributed by atoms with Crippen LogP contribution in [0.5, 0.6) is 0 Å². The van der Waals surface area contributed by atoms with E-state index in [0.29, 0.717) is 0 Å². The summed E-state index contributed by atoms with van der Waals surface area (Å²) in [5, 5.41) is 15.3. The maximum atomic E-state index is 12.1. The van der Waals surface area contributed by atoms with Gasteiger partial charge < -0.3 is 10.2 Å². The van der Waals surface area contributed by atoms with E-state index >= 15 is 0 Å². The van der Waals surface area contributed by atoms with Crippen molar-refractivity contribution in [2.45, 2.75) is 0 Å². The van der Waals surface area contributed by atoms with E-state index in [1.54, 1.807) is 24.1 Å². The van der Waals surface area contributed by atoms with Gasteiger partial charge in [0.05, 0.1) is 4.92 Å². The molecule has 0 saturated carbocycles. The molecule has 1 aromatic heterocycles. The number of nitrogens with one attached hydrogen (secondary N) is 1. The Balaban J connectivity index is 1.84. The number of hydrogen-bond acceptors (Lipinski definition) is 6. The molecule has 164 valence electrons. The number of aromatic nitrogens is 2. The van der Waals surface area contributed by atoms with Gasteiger partial charge in [-0.2, -0.15) is 4.98 Å². The van der Waals surface area contributed by atoms with E-state index in [4.69, 9.17) is 0 Å². The number of hydrogen-bond donors (Lipinski definition) is 1. The first-order chi connectivity index (χ1) is 16.0. The number of rotatable bonds is 7. The first-order valence-corrected chi connectivity index (χ1v) is 11.2. The molecule has 7 nitrogen and oxygen atoms in total. The van der Waals surface area contributed by atoms with Crippen LogP contribution < -0.4 is 10.2 Å². The summed E-state index contributed by atoms with van der Waals surface area (Å²) >= 11 is 2.23. The lowest BCUT2D eigenvalue weighted by molar-refractivity contribution is -0.384. The van der Waals surface area contributed by atoms with Gasteiger partial charge in [0.25, 0.3) is 0 Å². The van der Waals surface area contributed by atoms with Crippen LogP contribution in [0.25, 0.3) is 12.2 Å². The van der Waals surface area contributed by atoms with Crippen molar-refractivity contribution in [3.05, 3.63) is 110 Å². The molecule has 0 aliphatic carbocycles. The summed E-state index contributed by atoms with van der Waals surface area (Å²) in [6, 6.07) is 26.7. The molecule has 0 bridgehead atoms. The van der Waals surface area contributed by atoms with Crippen molar-refractivity contribution in [1.29, 1.82) is 0 Å². The Kier molecular flexibility index (Phi) is 6.94. The lowest BCUT2D eigenvalue weighted by Gasteiger charge is -2.19. The van der Waals surface area contributed by atoms with E-state index in [0.717, 1.165) is 20.5 Å². The van der Waals surface area contributed by atoms with E-state index in [2.05, 4.69) is 37.9 Å². The van der Waals surface area contributed by atoms with E-state index in [9.17, 15) is 10.1 Å². The molecule has 0 fully saturated rings. The van der Waals surface area contributed by atoms with Crippen LogP contribution in [-0.4, -0.2) is 21.9 Å². The Hall–Kier alpha value is -3.79. The summed E-state index contributed by atoms with van der Waals surface area (Å²) in [7, 11) is 1.75. The van der Waals surface area contributed by atoms with Gasteiger partial charge >= 0.3 is 5.69 Å². The molecule has 0 unspecified atom stereocenters. The van der Waals surface area contributed by atoms with Crippen LogP contribution in [0.2, 0.25) is 0 Å².